The maximum absolute atomic E-state index is 12.4. The molecule has 0 unspecified atom stereocenters. The zero-order valence-corrected chi connectivity index (χ0v) is 15.9. The second kappa shape index (κ2) is 10.1. The van der Waals surface area contributed by atoms with Crippen molar-refractivity contribution in [3.8, 4) is 5.69 Å². The summed E-state index contributed by atoms with van der Waals surface area (Å²) in [7, 11) is 0. The topological polar surface area (TPSA) is 105 Å². The first kappa shape index (κ1) is 20.9. The number of piperazine rings is 1. The summed E-state index contributed by atoms with van der Waals surface area (Å²) in [5, 5.41) is 10.4. The van der Waals surface area contributed by atoms with Gasteiger partial charge in [-0.25, -0.2) is 4.68 Å². The van der Waals surface area contributed by atoms with E-state index in [0.29, 0.717) is 12.2 Å². The molecule has 3 rings (SSSR count). The molecule has 0 aliphatic carbocycles. The molecule has 27 heavy (non-hydrogen) atoms. The van der Waals surface area contributed by atoms with Crippen LogP contribution < -0.4 is 16.4 Å². The van der Waals surface area contributed by atoms with Crippen molar-refractivity contribution in [3.05, 3.63) is 47.8 Å². The second-order valence-electron chi connectivity index (χ2n) is 6.23. The molecule has 0 spiro atoms. The second-order valence-corrected chi connectivity index (χ2v) is 6.23. The number of rotatable bonds is 7. The Labute approximate surface area is 164 Å². The standard InChI is InChI=1S/C18H24N6O2.ClH/c19-17(25)16-13-15(22-24(16)14-5-2-1-3-6-14)18(26)21-7-4-10-23-11-8-20-9-12-23;/h1-3,5-6,13,20H,4,7-12H2,(H2,19,25)(H,21,26);1H. The van der Waals surface area contributed by atoms with Crippen molar-refractivity contribution in [2.75, 3.05) is 39.3 Å². The molecule has 2 heterocycles. The Hall–Kier alpha value is -2.42. The van der Waals surface area contributed by atoms with Gasteiger partial charge in [-0.05, 0) is 25.1 Å². The number of nitrogens with two attached hydrogens (primary N) is 1. The summed E-state index contributed by atoms with van der Waals surface area (Å²) < 4.78 is 1.40. The molecule has 0 atom stereocenters. The van der Waals surface area contributed by atoms with Gasteiger partial charge in [-0.1, -0.05) is 18.2 Å². The number of nitrogens with zero attached hydrogens (tertiary/aromatic N) is 3. The van der Waals surface area contributed by atoms with Crippen molar-refractivity contribution in [1.82, 2.24) is 25.3 Å². The number of halogens is 1. The molecule has 0 saturated carbocycles. The van der Waals surface area contributed by atoms with E-state index in [1.54, 1.807) is 12.1 Å². The SMILES string of the molecule is Cl.NC(=O)c1cc(C(=O)NCCCN2CCNCC2)nn1-c1ccccc1. The van der Waals surface area contributed by atoms with Gasteiger partial charge in [-0.2, -0.15) is 5.10 Å². The van der Waals surface area contributed by atoms with E-state index in [1.165, 1.54) is 10.7 Å². The highest BCUT2D eigenvalue weighted by Gasteiger charge is 2.18. The predicted octanol–water partition coefficient (Wildman–Crippen LogP) is 0.418. The third-order valence-corrected chi connectivity index (χ3v) is 4.34. The number of nitrogens with one attached hydrogen (secondary N) is 2. The van der Waals surface area contributed by atoms with Gasteiger partial charge in [-0.15, -0.1) is 12.4 Å². The Balaban J connectivity index is 0.00000261. The first-order valence-electron chi connectivity index (χ1n) is 8.82. The lowest BCUT2D eigenvalue weighted by Gasteiger charge is -2.26. The summed E-state index contributed by atoms with van der Waals surface area (Å²) in [5.74, 6) is -0.929. The van der Waals surface area contributed by atoms with Crippen molar-refractivity contribution in [1.29, 1.82) is 0 Å². The van der Waals surface area contributed by atoms with Gasteiger partial charge in [0.25, 0.3) is 11.8 Å². The molecule has 2 amide bonds. The summed E-state index contributed by atoms with van der Waals surface area (Å²) in [5.41, 5.74) is 6.47. The van der Waals surface area contributed by atoms with Crippen LogP contribution in [0.5, 0.6) is 0 Å². The predicted molar refractivity (Wildman–Crippen MR) is 106 cm³/mol. The van der Waals surface area contributed by atoms with Crippen LogP contribution in [0.15, 0.2) is 36.4 Å². The smallest absolute Gasteiger partial charge is 0.271 e. The van der Waals surface area contributed by atoms with Crippen LogP contribution >= 0.6 is 12.4 Å². The molecule has 1 aliphatic rings. The number of carbonyl (C=O) groups is 2. The van der Waals surface area contributed by atoms with Crippen molar-refractivity contribution in [2.24, 2.45) is 5.73 Å². The third-order valence-electron chi connectivity index (χ3n) is 4.34. The Bertz CT molecular complexity index is 758. The van der Waals surface area contributed by atoms with Gasteiger partial charge in [0.15, 0.2) is 5.69 Å². The van der Waals surface area contributed by atoms with E-state index in [-0.39, 0.29) is 29.7 Å². The molecule has 146 valence electrons. The third kappa shape index (κ3) is 5.53. The van der Waals surface area contributed by atoms with Crippen LogP contribution in [-0.4, -0.2) is 65.8 Å². The van der Waals surface area contributed by atoms with Crippen LogP contribution in [0.25, 0.3) is 5.69 Å². The normalized spacial score (nSPS) is 14.4. The first-order valence-corrected chi connectivity index (χ1v) is 8.82. The van der Waals surface area contributed by atoms with Crippen LogP contribution in [0.2, 0.25) is 0 Å². The molecule has 2 aromatic rings. The fourth-order valence-corrected chi connectivity index (χ4v) is 2.96. The average Bonchev–Trinajstić information content (AvgIpc) is 3.12. The maximum Gasteiger partial charge on any atom is 0.271 e. The maximum atomic E-state index is 12.4. The molecule has 1 fully saturated rings. The van der Waals surface area contributed by atoms with E-state index in [2.05, 4.69) is 20.6 Å². The Morgan fingerprint density at radius 2 is 1.89 bits per heavy atom. The molecular weight excluding hydrogens is 368 g/mol. The van der Waals surface area contributed by atoms with E-state index in [4.69, 9.17) is 5.73 Å². The quantitative estimate of drug-likeness (QED) is 0.592. The Morgan fingerprint density at radius 1 is 1.19 bits per heavy atom. The highest BCUT2D eigenvalue weighted by molar-refractivity contribution is 5.97. The lowest BCUT2D eigenvalue weighted by Crippen LogP contribution is -2.44. The fraction of sp³-hybridized carbons (Fsp3) is 0.389. The monoisotopic (exact) mass is 392 g/mol. The minimum Gasteiger partial charge on any atom is -0.364 e. The van der Waals surface area contributed by atoms with Gasteiger partial charge in [0, 0.05) is 38.8 Å². The molecule has 9 heteroatoms. The number of para-hydroxylation sites is 1. The minimum atomic E-state index is -0.626. The lowest BCUT2D eigenvalue weighted by atomic mass is 10.3. The first-order chi connectivity index (χ1) is 12.6. The number of hydrogen-bond donors (Lipinski definition) is 3. The molecular formula is C18H25ClN6O2. The number of primary amides is 1. The number of aromatic nitrogens is 2. The molecule has 1 aliphatic heterocycles. The van der Waals surface area contributed by atoms with Crippen LogP contribution in [0.3, 0.4) is 0 Å². The van der Waals surface area contributed by atoms with Crippen LogP contribution in [0.4, 0.5) is 0 Å². The van der Waals surface area contributed by atoms with E-state index in [9.17, 15) is 9.59 Å². The molecule has 1 aromatic carbocycles. The molecule has 0 radical (unpaired) electrons. The minimum absolute atomic E-state index is 0. The summed E-state index contributed by atoms with van der Waals surface area (Å²) in [6.45, 7) is 5.62. The van der Waals surface area contributed by atoms with E-state index >= 15 is 0 Å². The fourth-order valence-electron chi connectivity index (χ4n) is 2.96. The van der Waals surface area contributed by atoms with Crippen molar-refractivity contribution in [2.45, 2.75) is 6.42 Å². The largest absolute Gasteiger partial charge is 0.364 e. The van der Waals surface area contributed by atoms with Crippen LogP contribution in [-0.2, 0) is 0 Å². The van der Waals surface area contributed by atoms with Crippen molar-refractivity contribution < 1.29 is 9.59 Å². The van der Waals surface area contributed by atoms with Gasteiger partial charge < -0.3 is 21.3 Å². The number of benzene rings is 1. The Kier molecular flexibility index (Phi) is 7.78. The average molecular weight is 393 g/mol. The number of hydrogen-bond acceptors (Lipinski definition) is 5. The summed E-state index contributed by atoms with van der Waals surface area (Å²) in [6.07, 6.45) is 0.869. The summed E-state index contributed by atoms with van der Waals surface area (Å²) in [6, 6.07) is 10.6. The molecule has 0 bridgehead atoms. The lowest BCUT2D eigenvalue weighted by molar-refractivity contribution is 0.0945. The van der Waals surface area contributed by atoms with Gasteiger partial charge in [0.1, 0.15) is 5.69 Å². The highest BCUT2D eigenvalue weighted by Crippen LogP contribution is 2.12. The van der Waals surface area contributed by atoms with Gasteiger partial charge >= 0.3 is 0 Å². The van der Waals surface area contributed by atoms with Gasteiger partial charge in [0.2, 0.25) is 0 Å². The van der Waals surface area contributed by atoms with Gasteiger partial charge in [0.05, 0.1) is 5.69 Å². The van der Waals surface area contributed by atoms with Gasteiger partial charge in [-0.3, -0.25) is 9.59 Å². The summed E-state index contributed by atoms with van der Waals surface area (Å²) >= 11 is 0. The van der Waals surface area contributed by atoms with Crippen LogP contribution in [0, 0.1) is 0 Å². The number of amides is 2. The Morgan fingerprint density at radius 3 is 2.56 bits per heavy atom. The van der Waals surface area contributed by atoms with E-state index in [1.807, 2.05) is 18.2 Å². The molecule has 1 saturated heterocycles. The van der Waals surface area contributed by atoms with Crippen LogP contribution in [0.1, 0.15) is 27.4 Å². The highest BCUT2D eigenvalue weighted by atomic mass is 35.5. The molecule has 1 aromatic heterocycles. The summed E-state index contributed by atoms with van der Waals surface area (Å²) in [4.78, 5) is 26.4. The van der Waals surface area contributed by atoms with Crippen molar-refractivity contribution >= 4 is 24.2 Å². The van der Waals surface area contributed by atoms with E-state index < -0.39 is 5.91 Å². The zero-order valence-electron chi connectivity index (χ0n) is 15.1. The number of carbonyl (C=O) groups excluding carboxylic acids is 2. The zero-order chi connectivity index (χ0) is 18.4. The molecule has 4 N–H and O–H groups in total. The molecule has 8 nitrogen and oxygen atoms in total. The van der Waals surface area contributed by atoms with E-state index in [0.717, 1.165) is 39.1 Å². The van der Waals surface area contributed by atoms with Crippen molar-refractivity contribution in [3.63, 3.8) is 0 Å².